The first-order valence-electron chi connectivity index (χ1n) is 2.09. The first kappa shape index (κ1) is 8.18. The molecule has 0 aliphatic carbocycles. The molecule has 0 fully saturated rings. The van der Waals surface area contributed by atoms with Gasteiger partial charge in [-0.2, -0.15) is 0 Å². The van der Waals surface area contributed by atoms with Gasteiger partial charge in [0.15, 0.2) is 0 Å². The van der Waals surface area contributed by atoms with Gasteiger partial charge in [0.1, 0.15) is 0 Å². The van der Waals surface area contributed by atoms with E-state index in [4.69, 9.17) is 13.6 Å². The van der Waals surface area contributed by atoms with E-state index in [2.05, 4.69) is 6.30 Å². The summed E-state index contributed by atoms with van der Waals surface area (Å²) in [5.74, 6) is 0. The highest BCUT2D eigenvalue weighted by Gasteiger charge is 2.07. The Balaban J connectivity index is 3.79. The Labute approximate surface area is 49.8 Å². The SMILES string of the molecule is C=P(OC)(OC)OC. The van der Waals surface area contributed by atoms with Crippen molar-refractivity contribution in [1.29, 1.82) is 0 Å². The average molecular weight is 138 g/mol. The van der Waals surface area contributed by atoms with E-state index in [0.717, 1.165) is 0 Å². The summed E-state index contributed by atoms with van der Waals surface area (Å²) in [5, 5.41) is 0. The molecule has 0 aromatic heterocycles. The van der Waals surface area contributed by atoms with Crippen LogP contribution in [0.2, 0.25) is 0 Å². The topological polar surface area (TPSA) is 27.7 Å². The van der Waals surface area contributed by atoms with Gasteiger partial charge < -0.3 is 13.6 Å². The molecule has 0 aromatic rings. The maximum absolute atomic E-state index is 4.79. The van der Waals surface area contributed by atoms with Crippen LogP contribution in [0.3, 0.4) is 0 Å². The van der Waals surface area contributed by atoms with Crippen LogP contribution >= 0.6 is 7.57 Å². The fraction of sp³-hybridized carbons (Fsp3) is 0.750. The fourth-order valence-electron chi connectivity index (χ4n) is 0.224. The van der Waals surface area contributed by atoms with Gasteiger partial charge in [0.25, 0.3) is 0 Å². The van der Waals surface area contributed by atoms with Crippen molar-refractivity contribution in [3.05, 3.63) is 0 Å². The predicted octanol–water partition coefficient (Wildman–Crippen LogP) is 1.12. The van der Waals surface area contributed by atoms with Crippen LogP contribution in [0.4, 0.5) is 0 Å². The second-order valence-electron chi connectivity index (χ2n) is 1.16. The third-order valence-corrected chi connectivity index (χ3v) is 2.50. The Morgan fingerprint density at radius 2 is 1.25 bits per heavy atom. The molecule has 0 unspecified atom stereocenters. The molecular weight excluding hydrogens is 127 g/mol. The van der Waals surface area contributed by atoms with Crippen LogP contribution in [-0.4, -0.2) is 27.6 Å². The lowest BCUT2D eigenvalue weighted by molar-refractivity contribution is 0.233. The second kappa shape index (κ2) is 3.25. The van der Waals surface area contributed by atoms with Crippen LogP contribution in [0, 0.1) is 0 Å². The normalized spacial score (nSPS) is 11.9. The lowest BCUT2D eigenvalue weighted by Crippen LogP contribution is -1.89. The maximum Gasteiger partial charge on any atom is 0.249 e. The van der Waals surface area contributed by atoms with Crippen molar-refractivity contribution in [2.24, 2.45) is 0 Å². The van der Waals surface area contributed by atoms with Crippen LogP contribution < -0.4 is 0 Å². The molecule has 0 aliphatic heterocycles. The minimum atomic E-state index is -2.16. The van der Waals surface area contributed by atoms with E-state index < -0.39 is 7.57 Å². The molecule has 0 saturated carbocycles. The van der Waals surface area contributed by atoms with E-state index >= 15 is 0 Å². The van der Waals surface area contributed by atoms with Crippen LogP contribution in [-0.2, 0) is 13.6 Å². The minimum Gasteiger partial charge on any atom is -0.321 e. The predicted molar refractivity (Wildman–Crippen MR) is 35.1 cm³/mol. The van der Waals surface area contributed by atoms with Gasteiger partial charge in [-0.3, -0.25) is 0 Å². The summed E-state index contributed by atoms with van der Waals surface area (Å²) >= 11 is 0. The molecule has 0 heterocycles. The zero-order valence-corrected chi connectivity index (χ0v) is 6.27. The molecule has 0 saturated heterocycles. The zero-order chi connectivity index (χ0) is 6.62. The first-order valence-corrected chi connectivity index (χ1v) is 3.82. The summed E-state index contributed by atoms with van der Waals surface area (Å²) in [5.41, 5.74) is 0. The minimum absolute atomic E-state index is 1.51. The van der Waals surface area contributed by atoms with E-state index in [9.17, 15) is 0 Å². The monoisotopic (exact) mass is 138 g/mol. The second-order valence-corrected chi connectivity index (χ2v) is 3.48. The van der Waals surface area contributed by atoms with Crippen LogP contribution in [0.1, 0.15) is 0 Å². The smallest absolute Gasteiger partial charge is 0.249 e. The Morgan fingerprint density at radius 1 is 1.00 bits per heavy atom. The third-order valence-electron chi connectivity index (χ3n) is 0.835. The van der Waals surface area contributed by atoms with Gasteiger partial charge in [-0.25, -0.2) is 0 Å². The van der Waals surface area contributed by atoms with Crippen molar-refractivity contribution in [2.45, 2.75) is 0 Å². The van der Waals surface area contributed by atoms with Gasteiger partial charge >= 0.3 is 0 Å². The van der Waals surface area contributed by atoms with Gasteiger partial charge in [-0.05, 0) is 6.30 Å². The molecule has 0 spiro atoms. The van der Waals surface area contributed by atoms with Crippen LogP contribution in [0.5, 0.6) is 0 Å². The summed E-state index contributed by atoms with van der Waals surface area (Å²) in [6.45, 7) is 0. The molecule has 8 heavy (non-hydrogen) atoms. The van der Waals surface area contributed by atoms with Gasteiger partial charge in [-0.1, -0.05) is 0 Å². The molecular formula is C4H11O3P. The lowest BCUT2D eigenvalue weighted by atomic mass is 11.8. The van der Waals surface area contributed by atoms with Gasteiger partial charge in [0.05, 0.1) is 0 Å². The fourth-order valence-corrected chi connectivity index (χ4v) is 0.671. The molecule has 0 bridgehead atoms. The summed E-state index contributed by atoms with van der Waals surface area (Å²) in [6.07, 6.45) is 3.57. The molecule has 0 amide bonds. The first-order chi connectivity index (χ1) is 3.68. The molecule has 4 heteroatoms. The molecule has 0 aromatic carbocycles. The molecule has 0 aliphatic rings. The Hall–Kier alpha value is 0.180. The van der Waals surface area contributed by atoms with Crippen LogP contribution in [0.25, 0.3) is 0 Å². The highest BCUT2D eigenvalue weighted by Crippen LogP contribution is 2.45. The Kier molecular flexibility index (Phi) is 3.33. The summed E-state index contributed by atoms with van der Waals surface area (Å²) in [6, 6.07) is 0. The highest BCUT2D eigenvalue weighted by atomic mass is 31.2. The van der Waals surface area contributed by atoms with E-state index in [-0.39, 0.29) is 0 Å². The molecule has 0 N–H and O–H groups in total. The molecule has 0 atom stereocenters. The molecule has 3 nitrogen and oxygen atoms in total. The van der Waals surface area contributed by atoms with Gasteiger partial charge in [0.2, 0.25) is 7.57 Å². The summed E-state index contributed by atoms with van der Waals surface area (Å²) < 4.78 is 14.4. The van der Waals surface area contributed by atoms with Gasteiger partial charge in [-0.15, -0.1) is 0 Å². The summed E-state index contributed by atoms with van der Waals surface area (Å²) in [4.78, 5) is 0. The van der Waals surface area contributed by atoms with Crippen molar-refractivity contribution in [2.75, 3.05) is 21.3 Å². The number of hydrogen-bond donors (Lipinski definition) is 0. The largest absolute Gasteiger partial charge is 0.321 e. The third kappa shape index (κ3) is 1.97. The molecule has 50 valence electrons. The average Bonchev–Trinajstić information content (AvgIpc) is 1.87. The van der Waals surface area contributed by atoms with E-state index in [1.165, 1.54) is 21.3 Å². The van der Waals surface area contributed by atoms with Crippen molar-refractivity contribution >= 4 is 13.9 Å². The Bertz CT molecular complexity index is 82.4. The van der Waals surface area contributed by atoms with E-state index in [1.807, 2.05) is 0 Å². The lowest BCUT2D eigenvalue weighted by Gasteiger charge is -2.16. The molecule has 0 rings (SSSR count). The van der Waals surface area contributed by atoms with Crippen molar-refractivity contribution < 1.29 is 13.6 Å². The van der Waals surface area contributed by atoms with Gasteiger partial charge in [0, 0.05) is 21.3 Å². The number of hydrogen-bond acceptors (Lipinski definition) is 3. The molecule has 0 radical (unpaired) electrons. The van der Waals surface area contributed by atoms with Crippen molar-refractivity contribution in [3.63, 3.8) is 0 Å². The van der Waals surface area contributed by atoms with Crippen molar-refractivity contribution in [3.8, 4) is 0 Å². The Morgan fingerprint density at radius 3 is 1.25 bits per heavy atom. The zero-order valence-electron chi connectivity index (χ0n) is 5.38. The summed E-state index contributed by atoms with van der Waals surface area (Å²) in [7, 11) is 2.36. The van der Waals surface area contributed by atoms with Crippen molar-refractivity contribution in [1.82, 2.24) is 0 Å². The standard InChI is InChI=1S/C4H11O3P/c1-5-8(4,6-2)7-3/h4H2,1-3H3. The highest BCUT2D eigenvalue weighted by molar-refractivity contribution is 7.59. The van der Waals surface area contributed by atoms with Crippen LogP contribution in [0.15, 0.2) is 0 Å². The van der Waals surface area contributed by atoms with E-state index in [1.54, 1.807) is 0 Å². The quantitative estimate of drug-likeness (QED) is 0.547. The van der Waals surface area contributed by atoms with E-state index in [0.29, 0.717) is 0 Å². The number of rotatable bonds is 3. The maximum atomic E-state index is 4.79.